The van der Waals surface area contributed by atoms with Crippen molar-refractivity contribution in [1.29, 1.82) is 0 Å². The van der Waals surface area contributed by atoms with E-state index in [-0.39, 0.29) is 11.6 Å². The average Bonchev–Trinajstić information content (AvgIpc) is 3.05. The molecule has 0 spiro atoms. The van der Waals surface area contributed by atoms with Crippen molar-refractivity contribution in [2.75, 3.05) is 13.1 Å². The highest BCUT2D eigenvalue weighted by molar-refractivity contribution is 6.25. The quantitative estimate of drug-likeness (QED) is 0.667. The van der Waals surface area contributed by atoms with Crippen molar-refractivity contribution < 1.29 is 9.59 Å². The first kappa shape index (κ1) is 10.3. The zero-order valence-corrected chi connectivity index (χ0v) is 10.1. The molecule has 88 valence electrons. The van der Waals surface area contributed by atoms with Crippen LogP contribution in [0.15, 0.2) is 11.3 Å². The van der Waals surface area contributed by atoms with E-state index in [9.17, 15) is 9.59 Å². The Morgan fingerprint density at radius 1 is 1.12 bits per heavy atom. The third-order valence-electron chi connectivity index (χ3n) is 3.42. The Bertz CT molecular complexity index is 591. The lowest BCUT2D eigenvalue weighted by molar-refractivity contribution is 0.0953. The van der Waals surface area contributed by atoms with Crippen LogP contribution in [0.2, 0.25) is 0 Å². The number of fused-ring (bicyclic) bond motifs is 1. The Morgan fingerprint density at radius 2 is 1.76 bits per heavy atom. The fourth-order valence-electron chi connectivity index (χ4n) is 2.25. The topological polar surface area (TPSA) is 55.0 Å². The summed E-state index contributed by atoms with van der Waals surface area (Å²) in [5.74, 6) is 0.499. The summed E-state index contributed by atoms with van der Waals surface area (Å²) in [6.07, 6.45) is 0. The van der Waals surface area contributed by atoms with E-state index in [1.807, 2.05) is 4.90 Å². The largest absolute Gasteiger partial charge is 0.364 e. The standard InChI is InChI=1S/C12H13N3O2/c1-6-9(15-4-5-15)12(17)10-8(11(6)16)13-7(2)14(10)3/h4-5H2,1-3H3. The second-order valence-corrected chi connectivity index (χ2v) is 4.53. The normalized spacial score (nSPS) is 18.9. The molecule has 0 radical (unpaired) electrons. The molecule has 17 heavy (non-hydrogen) atoms. The SMILES string of the molecule is CC1=C(N2CC2)C(=O)c2c(nc(C)n2C)C1=O. The van der Waals surface area contributed by atoms with Gasteiger partial charge in [-0.15, -0.1) is 0 Å². The zero-order valence-electron chi connectivity index (χ0n) is 10.1. The number of Topliss-reactive ketones (excluding diaryl/α,β-unsaturated/α-hetero) is 2. The molecule has 0 unspecified atom stereocenters. The van der Waals surface area contributed by atoms with Crippen LogP contribution in [0, 0.1) is 6.92 Å². The molecule has 0 saturated carbocycles. The first-order valence-electron chi connectivity index (χ1n) is 5.61. The summed E-state index contributed by atoms with van der Waals surface area (Å²) >= 11 is 0. The van der Waals surface area contributed by atoms with E-state index < -0.39 is 0 Å². The molecule has 0 bridgehead atoms. The van der Waals surface area contributed by atoms with Crippen molar-refractivity contribution in [2.24, 2.45) is 7.05 Å². The number of carbonyl (C=O) groups is 2. The number of nitrogens with zero attached hydrogens (tertiary/aromatic N) is 3. The summed E-state index contributed by atoms with van der Waals surface area (Å²) in [7, 11) is 1.77. The summed E-state index contributed by atoms with van der Waals surface area (Å²) in [4.78, 5) is 30.7. The highest BCUT2D eigenvalue weighted by Gasteiger charge is 2.39. The van der Waals surface area contributed by atoms with Crippen LogP contribution in [-0.2, 0) is 7.05 Å². The maximum Gasteiger partial charge on any atom is 0.228 e. The van der Waals surface area contributed by atoms with Gasteiger partial charge in [0.1, 0.15) is 17.2 Å². The number of hydrogen-bond acceptors (Lipinski definition) is 4. The molecule has 1 aromatic heterocycles. The van der Waals surface area contributed by atoms with Gasteiger partial charge in [-0.25, -0.2) is 4.98 Å². The maximum absolute atomic E-state index is 12.4. The summed E-state index contributed by atoms with van der Waals surface area (Å²) in [6.45, 7) is 5.22. The predicted molar refractivity (Wildman–Crippen MR) is 60.9 cm³/mol. The second kappa shape index (κ2) is 3.06. The average molecular weight is 231 g/mol. The Morgan fingerprint density at radius 3 is 2.35 bits per heavy atom. The van der Waals surface area contributed by atoms with Gasteiger partial charge in [0.25, 0.3) is 0 Å². The predicted octanol–water partition coefficient (Wildman–Crippen LogP) is 0.697. The molecule has 1 fully saturated rings. The number of ketones is 2. The lowest BCUT2D eigenvalue weighted by Gasteiger charge is -2.17. The van der Waals surface area contributed by atoms with Gasteiger partial charge in [-0.1, -0.05) is 0 Å². The van der Waals surface area contributed by atoms with Gasteiger partial charge in [-0.05, 0) is 13.8 Å². The van der Waals surface area contributed by atoms with Gasteiger partial charge in [-0.2, -0.15) is 0 Å². The smallest absolute Gasteiger partial charge is 0.228 e. The molecule has 1 saturated heterocycles. The van der Waals surface area contributed by atoms with Crippen LogP contribution in [0.4, 0.5) is 0 Å². The minimum Gasteiger partial charge on any atom is -0.364 e. The molecule has 0 atom stereocenters. The molecule has 5 heteroatoms. The molecule has 1 aromatic rings. The number of allylic oxidation sites excluding steroid dienone is 2. The van der Waals surface area contributed by atoms with Crippen LogP contribution in [0.1, 0.15) is 33.7 Å². The first-order chi connectivity index (χ1) is 8.02. The summed E-state index contributed by atoms with van der Waals surface area (Å²) in [5.41, 5.74) is 1.82. The Balaban J connectivity index is 2.24. The second-order valence-electron chi connectivity index (χ2n) is 4.53. The number of rotatable bonds is 1. The number of aryl methyl sites for hydroxylation is 1. The molecule has 5 nitrogen and oxygen atoms in total. The lowest BCUT2D eigenvalue weighted by Crippen LogP contribution is -2.26. The van der Waals surface area contributed by atoms with E-state index in [1.165, 1.54) is 0 Å². The van der Waals surface area contributed by atoms with E-state index in [0.717, 1.165) is 13.1 Å². The van der Waals surface area contributed by atoms with E-state index >= 15 is 0 Å². The Labute approximate surface area is 98.7 Å². The van der Waals surface area contributed by atoms with Crippen LogP contribution in [0.3, 0.4) is 0 Å². The Kier molecular flexibility index (Phi) is 1.85. The van der Waals surface area contributed by atoms with Crippen LogP contribution in [0.25, 0.3) is 0 Å². The van der Waals surface area contributed by atoms with Gasteiger partial charge in [0.15, 0.2) is 0 Å². The van der Waals surface area contributed by atoms with E-state index in [0.29, 0.717) is 28.5 Å². The summed E-state index contributed by atoms with van der Waals surface area (Å²) in [6, 6.07) is 0. The molecule has 0 N–H and O–H groups in total. The minimum absolute atomic E-state index is 0.0716. The highest BCUT2D eigenvalue weighted by Crippen LogP contribution is 2.30. The van der Waals surface area contributed by atoms with Crippen molar-refractivity contribution >= 4 is 11.6 Å². The van der Waals surface area contributed by atoms with Crippen molar-refractivity contribution in [3.63, 3.8) is 0 Å². The van der Waals surface area contributed by atoms with Crippen LogP contribution in [0.5, 0.6) is 0 Å². The molecular weight excluding hydrogens is 218 g/mol. The molecule has 1 aliphatic heterocycles. The van der Waals surface area contributed by atoms with Crippen molar-refractivity contribution in [1.82, 2.24) is 14.5 Å². The number of hydrogen-bond donors (Lipinski definition) is 0. The van der Waals surface area contributed by atoms with Gasteiger partial charge in [-0.3, -0.25) is 9.59 Å². The third kappa shape index (κ3) is 1.22. The van der Waals surface area contributed by atoms with Crippen molar-refractivity contribution in [2.45, 2.75) is 13.8 Å². The number of aromatic nitrogens is 2. The molecule has 0 amide bonds. The third-order valence-corrected chi connectivity index (χ3v) is 3.42. The summed E-state index contributed by atoms with van der Waals surface area (Å²) < 4.78 is 1.70. The zero-order chi connectivity index (χ0) is 12.3. The fraction of sp³-hybridized carbons (Fsp3) is 0.417. The van der Waals surface area contributed by atoms with Crippen LogP contribution in [-0.4, -0.2) is 39.1 Å². The van der Waals surface area contributed by atoms with E-state index in [4.69, 9.17) is 0 Å². The molecule has 0 aromatic carbocycles. The molecular formula is C12H13N3O2. The summed E-state index contributed by atoms with van der Waals surface area (Å²) in [5, 5.41) is 0. The van der Waals surface area contributed by atoms with Gasteiger partial charge < -0.3 is 9.47 Å². The fourth-order valence-corrected chi connectivity index (χ4v) is 2.25. The Hall–Kier alpha value is -1.91. The van der Waals surface area contributed by atoms with Crippen molar-refractivity contribution in [3.8, 4) is 0 Å². The molecule has 2 aliphatic rings. The molecule has 3 rings (SSSR count). The first-order valence-corrected chi connectivity index (χ1v) is 5.61. The number of carbonyl (C=O) groups excluding carboxylic acids is 2. The van der Waals surface area contributed by atoms with Crippen molar-refractivity contribution in [3.05, 3.63) is 28.5 Å². The van der Waals surface area contributed by atoms with Gasteiger partial charge in [0.2, 0.25) is 11.6 Å². The molecule has 1 aliphatic carbocycles. The lowest BCUT2D eigenvalue weighted by atomic mass is 9.95. The maximum atomic E-state index is 12.4. The molecule has 2 heterocycles. The monoisotopic (exact) mass is 231 g/mol. The minimum atomic E-state index is -0.120. The number of imidazole rings is 1. The van der Waals surface area contributed by atoms with Gasteiger partial charge in [0.05, 0.1) is 5.70 Å². The van der Waals surface area contributed by atoms with Crippen LogP contribution < -0.4 is 0 Å². The van der Waals surface area contributed by atoms with Gasteiger partial charge in [0, 0.05) is 25.7 Å². The van der Waals surface area contributed by atoms with E-state index in [2.05, 4.69) is 4.98 Å². The van der Waals surface area contributed by atoms with Crippen LogP contribution >= 0.6 is 0 Å². The van der Waals surface area contributed by atoms with Gasteiger partial charge >= 0.3 is 0 Å². The highest BCUT2D eigenvalue weighted by atomic mass is 16.1. The van der Waals surface area contributed by atoms with E-state index in [1.54, 1.807) is 25.5 Å².